The number of fused-ring (bicyclic) bond motifs is 1. The monoisotopic (exact) mass is 309 g/mol. The number of aromatic nitrogens is 1. The van der Waals surface area contributed by atoms with Crippen LogP contribution in [0.2, 0.25) is 0 Å². The highest BCUT2D eigenvalue weighted by Crippen LogP contribution is 2.32. The lowest BCUT2D eigenvalue weighted by Crippen LogP contribution is -2.32. The first-order chi connectivity index (χ1) is 9.52. The van der Waals surface area contributed by atoms with Gasteiger partial charge in [0.25, 0.3) is 5.91 Å². The standard InChI is InChI=1S/C14H19N3OS2/c1-8-4-5-10-11(15)12(20-14(10)17-8)13(18)16-9(2)6-7-19-3/h4-5,9H,6-7,15H2,1-3H3,(H,16,18). The lowest BCUT2D eigenvalue weighted by atomic mass is 10.2. The molecule has 1 atom stereocenters. The number of anilines is 1. The number of aryl methyl sites for hydroxylation is 1. The minimum atomic E-state index is -0.100. The van der Waals surface area contributed by atoms with Crippen molar-refractivity contribution in [2.75, 3.05) is 17.7 Å². The van der Waals surface area contributed by atoms with Crippen LogP contribution >= 0.6 is 23.1 Å². The van der Waals surface area contributed by atoms with E-state index in [1.807, 2.05) is 26.0 Å². The third kappa shape index (κ3) is 3.24. The van der Waals surface area contributed by atoms with Crippen molar-refractivity contribution in [3.8, 4) is 0 Å². The van der Waals surface area contributed by atoms with Gasteiger partial charge in [-0.05, 0) is 44.4 Å². The number of rotatable bonds is 5. The van der Waals surface area contributed by atoms with Crippen LogP contribution in [0.5, 0.6) is 0 Å². The number of amides is 1. The molecule has 2 rings (SSSR count). The third-order valence-electron chi connectivity index (χ3n) is 3.07. The molecular formula is C14H19N3OS2. The van der Waals surface area contributed by atoms with Gasteiger partial charge >= 0.3 is 0 Å². The third-order valence-corrected chi connectivity index (χ3v) is 4.83. The van der Waals surface area contributed by atoms with E-state index in [1.165, 1.54) is 11.3 Å². The summed E-state index contributed by atoms with van der Waals surface area (Å²) in [5, 5.41) is 3.86. The minimum absolute atomic E-state index is 0.100. The highest BCUT2D eigenvalue weighted by Gasteiger charge is 2.18. The molecule has 0 aliphatic heterocycles. The first-order valence-electron chi connectivity index (χ1n) is 6.48. The number of nitrogen functional groups attached to an aromatic ring is 1. The molecule has 6 heteroatoms. The Balaban J connectivity index is 2.20. The van der Waals surface area contributed by atoms with E-state index < -0.39 is 0 Å². The Morgan fingerprint density at radius 1 is 1.55 bits per heavy atom. The number of carbonyl (C=O) groups is 1. The quantitative estimate of drug-likeness (QED) is 0.890. The number of thiophene rings is 1. The highest BCUT2D eigenvalue weighted by molar-refractivity contribution is 7.98. The molecule has 2 heterocycles. The SMILES string of the molecule is CSCCC(C)NC(=O)c1sc2nc(C)ccc2c1N. The number of thioether (sulfide) groups is 1. The Morgan fingerprint density at radius 2 is 2.30 bits per heavy atom. The molecule has 1 unspecified atom stereocenters. The van der Waals surface area contributed by atoms with E-state index in [-0.39, 0.29) is 11.9 Å². The van der Waals surface area contributed by atoms with Crippen molar-refractivity contribution < 1.29 is 4.79 Å². The zero-order valence-corrected chi connectivity index (χ0v) is 13.5. The Labute approximate surface area is 127 Å². The molecule has 0 saturated heterocycles. The number of pyridine rings is 1. The Kier molecular flexibility index (Phi) is 4.88. The lowest BCUT2D eigenvalue weighted by Gasteiger charge is -2.12. The molecule has 2 aromatic heterocycles. The molecule has 0 aliphatic carbocycles. The largest absolute Gasteiger partial charge is 0.397 e. The van der Waals surface area contributed by atoms with Gasteiger partial charge < -0.3 is 11.1 Å². The number of nitrogens with zero attached hydrogens (tertiary/aromatic N) is 1. The molecule has 0 radical (unpaired) electrons. The van der Waals surface area contributed by atoms with E-state index in [4.69, 9.17) is 5.73 Å². The number of hydrogen-bond donors (Lipinski definition) is 2. The van der Waals surface area contributed by atoms with E-state index in [1.54, 1.807) is 11.8 Å². The van der Waals surface area contributed by atoms with Gasteiger partial charge in [-0.1, -0.05) is 0 Å². The lowest BCUT2D eigenvalue weighted by molar-refractivity contribution is 0.0944. The Morgan fingerprint density at radius 3 is 3.00 bits per heavy atom. The van der Waals surface area contributed by atoms with Crippen molar-refractivity contribution in [3.05, 3.63) is 22.7 Å². The van der Waals surface area contributed by atoms with Crippen molar-refractivity contribution >= 4 is 44.9 Å². The maximum absolute atomic E-state index is 12.3. The molecule has 3 N–H and O–H groups in total. The first kappa shape index (κ1) is 15.1. The van der Waals surface area contributed by atoms with Crippen LogP contribution in [-0.4, -0.2) is 28.9 Å². The van der Waals surface area contributed by atoms with Gasteiger partial charge in [-0.2, -0.15) is 11.8 Å². The smallest absolute Gasteiger partial charge is 0.263 e. The zero-order valence-electron chi connectivity index (χ0n) is 11.9. The number of hydrogen-bond acceptors (Lipinski definition) is 5. The summed E-state index contributed by atoms with van der Waals surface area (Å²) in [5.74, 6) is 0.932. The molecule has 4 nitrogen and oxygen atoms in total. The summed E-state index contributed by atoms with van der Waals surface area (Å²) in [6.45, 7) is 3.94. The van der Waals surface area contributed by atoms with Gasteiger partial charge in [0, 0.05) is 17.1 Å². The van der Waals surface area contributed by atoms with Gasteiger partial charge in [-0.15, -0.1) is 11.3 Å². The van der Waals surface area contributed by atoms with Crippen LogP contribution in [0.1, 0.15) is 28.7 Å². The Bertz CT molecular complexity index is 624. The summed E-state index contributed by atoms with van der Waals surface area (Å²) in [5.41, 5.74) is 7.54. The van der Waals surface area contributed by atoms with E-state index in [9.17, 15) is 4.79 Å². The van der Waals surface area contributed by atoms with E-state index >= 15 is 0 Å². The molecule has 108 valence electrons. The second-order valence-corrected chi connectivity index (χ2v) is 6.79. The molecule has 0 fully saturated rings. The maximum atomic E-state index is 12.3. The van der Waals surface area contributed by atoms with Crippen LogP contribution in [0.25, 0.3) is 10.2 Å². The predicted octanol–water partition coefficient (Wildman–Crippen LogP) is 3.06. The van der Waals surface area contributed by atoms with Crippen molar-refractivity contribution in [1.29, 1.82) is 0 Å². The topological polar surface area (TPSA) is 68.0 Å². The Hall–Kier alpha value is -1.27. The average molecular weight is 309 g/mol. The van der Waals surface area contributed by atoms with Gasteiger partial charge in [0.15, 0.2) is 0 Å². The summed E-state index contributed by atoms with van der Waals surface area (Å²) >= 11 is 3.14. The van der Waals surface area contributed by atoms with E-state index in [0.717, 1.165) is 28.1 Å². The normalized spacial score (nSPS) is 12.6. The van der Waals surface area contributed by atoms with Gasteiger partial charge in [-0.3, -0.25) is 4.79 Å². The number of nitrogens with two attached hydrogens (primary N) is 1. The maximum Gasteiger partial charge on any atom is 0.263 e. The van der Waals surface area contributed by atoms with Crippen LogP contribution in [0.4, 0.5) is 5.69 Å². The molecule has 0 spiro atoms. The fourth-order valence-electron chi connectivity index (χ4n) is 1.91. The van der Waals surface area contributed by atoms with Crippen molar-refractivity contribution in [2.45, 2.75) is 26.3 Å². The van der Waals surface area contributed by atoms with Crippen LogP contribution in [0.15, 0.2) is 12.1 Å². The summed E-state index contributed by atoms with van der Waals surface area (Å²) in [6, 6.07) is 3.99. The molecule has 0 aliphatic rings. The summed E-state index contributed by atoms with van der Waals surface area (Å²) < 4.78 is 0. The van der Waals surface area contributed by atoms with Crippen LogP contribution in [0.3, 0.4) is 0 Å². The molecular weight excluding hydrogens is 290 g/mol. The fourth-order valence-corrected chi connectivity index (χ4v) is 3.55. The molecule has 0 aromatic carbocycles. The minimum Gasteiger partial charge on any atom is -0.397 e. The van der Waals surface area contributed by atoms with Crippen molar-refractivity contribution in [3.63, 3.8) is 0 Å². The summed E-state index contributed by atoms with van der Waals surface area (Å²) in [6.07, 6.45) is 3.02. The first-order valence-corrected chi connectivity index (χ1v) is 8.69. The molecule has 0 saturated carbocycles. The van der Waals surface area contributed by atoms with Gasteiger partial charge in [-0.25, -0.2) is 4.98 Å². The predicted molar refractivity (Wildman–Crippen MR) is 88.7 cm³/mol. The summed E-state index contributed by atoms with van der Waals surface area (Å²) in [7, 11) is 0. The molecule has 0 bridgehead atoms. The van der Waals surface area contributed by atoms with Crippen LogP contribution in [-0.2, 0) is 0 Å². The van der Waals surface area contributed by atoms with Crippen molar-refractivity contribution in [2.24, 2.45) is 0 Å². The molecule has 20 heavy (non-hydrogen) atoms. The van der Waals surface area contributed by atoms with Gasteiger partial charge in [0.1, 0.15) is 9.71 Å². The number of carbonyl (C=O) groups excluding carboxylic acids is 1. The van der Waals surface area contributed by atoms with E-state index in [2.05, 4.69) is 16.6 Å². The average Bonchev–Trinajstić information content (AvgIpc) is 2.73. The second kappa shape index (κ2) is 6.45. The summed E-state index contributed by atoms with van der Waals surface area (Å²) in [4.78, 5) is 18.1. The zero-order chi connectivity index (χ0) is 14.7. The van der Waals surface area contributed by atoms with Crippen molar-refractivity contribution in [1.82, 2.24) is 10.3 Å². The fraction of sp³-hybridized carbons (Fsp3) is 0.429. The number of nitrogens with one attached hydrogen (secondary N) is 1. The van der Waals surface area contributed by atoms with E-state index in [0.29, 0.717) is 10.6 Å². The highest BCUT2D eigenvalue weighted by atomic mass is 32.2. The second-order valence-electron chi connectivity index (χ2n) is 4.81. The molecule has 1 amide bonds. The van der Waals surface area contributed by atoms with Crippen LogP contribution in [0, 0.1) is 6.92 Å². The van der Waals surface area contributed by atoms with Crippen LogP contribution < -0.4 is 11.1 Å². The van der Waals surface area contributed by atoms with Gasteiger partial charge in [0.2, 0.25) is 0 Å². The van der Waals surface area contributed by atoms with Gasteiger partial charge in [0.05, 0.1) is 5.69 Å². The molecule has 2 aromatic rings.